The Kier molecular flexibility index (Phi) is 3.29. The van der Waals surface area contributed by atoms with E-state index in [1.165, 1.54) is 0 Å². The molecule has 0 unspecified atom stereocenters. The van der Waals surface area contributed by atoms with Crippen LogP contribution < -0.4 is 5.73 Å². The maximum Gasteiger partial charge on any atom is 0.217 e. The molecule has 0 saturated heterocycles. The van der Waals surface area contributed by atoms with Crippen molar-refractivity contribution in [2.24, 2.45) is 5.73 Å². The van der Waals surface area contributed by atoms with Gasteiger partial charge in [0.25, 0.3) is 0 Å². The molecule has 0 aliphatic rings. The van der Waals surface area contributed by atoms with Crippen molar-refractivity contribution >= 4 is 28.4 Å². The number of nitrogens with zero attached hydrogens (tertiary/aromatic N) is 1. The standard InChI is InChI=1S/C13H13ClN2O/c1-8-4-5-16-13-9(2-3-12(15)17)6-10(14)7-11(8)13/h4-7H,2-3H2,1H3,(H2,15,17). The number of fused-ring (bicyclic) bond motifs is 1. The minimum Gasteiger partial charge on any atom is -0.370 e. The first-order valence-electron chi connectivity index (χ1n) is 5.40. The van der Waals surface area contributed by atoms with Crippen LogP contribution >= 0.6 is 11.6 Å². The Morgan fingerprint density at radius 3 is 2.94 bits per heavy atom. The lowest BCUT2D eigenvalue weighted by molar-refractivity contribution is -0.117. The molecule has 2 rings (SSSR count). The Morgan fingerprint density at radius 1 is 1.47 bits per heavy atom. The first-order chi connectivity index (χ1) is 8.08. The first kappa shape index (κ1) is 11.9. The minimum atomic E-state index is -0.314. The normalized spacial score (nSPS) is 10.7. The van der Waals surface area contributed by atoms with Gasteiger partial charge in [-0.25, -0.2) is 0 Å². The molecule has 0 atom stereocenters. The van der Waals surface area contributed by atoms with E-state index in [4.69, 9.17) is 17.3 Å². The summed E-state index contributed by atoms with van der Waals surface area (Å²) in [6.07, 6.45) is 2.65. The topological polar surface area (TPSA) is 56.0 Å². The van der Waals surface area contributed by atoms with E-state index in [0.717, 1.165) is 22.0 Å². The Labute approximate surface area is 105 Å². The summed E-state index contributed by atoms with van der Waals surface area (Å²) in [5, 5.41) is 1.69. The highest BCUT2D eigenvalue weighted by molar-refractivity contribution is 6.31. The van der Waals surface area contributed by atoms with Crippen LogP contribution in [0.2, 0.25) is 5.02 Å². The minimum absolute atomic E-state index is 0.311. The Bertz CT molecular complexity index is 581. The number of carbonyl (C=O) groups excluding carboxylic acids is 1. The number of benzene rings is 1. The fraction of sp³-hybridized carbons (Fsp3) is 0.231. The number of carbonyl (C=O) groups is 1. The van der Waals surface area contributed by atoms with Gasteiger partial charge in [-0.2, -0.15) is 0 Å². The molecular formula is C13H13ClN2O. The molecule has 0 fully saturated rings. The fourth-order valence-corrected chi connectivity index (χ4v) is 2.11. The van der Waals surface area contributed by atoms with Gasteiger partial charge >= 0.3 is 0 Å². The highest BCUT2D eigenvalue weighted by Gasteiger charge is 2.07. The molecule has 88 valence electrons. The van der Waals surface area contributed by atoms with Gasteiger partial charge in [0.15, 0.2) is 0 Å². The fourth-order valence-electron chi connectivity index (χ4n) is 1.87. The van der Waals surface area contributed by atoms with Gasteiger partial charge in [0.2, 0.25) is 5.91 Å². The first-order valence-corrected chi connectivity index (χ1v) is 5.78. The molecule has 1 aromatic carbocycles. The van der Waals surface area contributed by atoms with Crippen LogP contribution in [0.5, 0.6) is 0 Å². The summed E-state index contributed by atoms with van der Waals surface area (Å²) >= 11 is 6.07. The number of pyridine rings is 1. The number of aryl methyl sites for hydroxylation is 2. The van der Waals surface area contributed by atoms with E-state index >= 15 is 0 Å². The molecule has 0 aliphatic heterocycles. The number of hydrogen-bond donors (Lipinski definition) is 1. The van der Waals surface area contributed by atoms with Crippen LogP contribution in [0.25, 0.3) is 10.9 Å². The van der Waals surface area contributed by atoms with Crippen LogP contribution in [0, 0.1) is 6.92 Å². The van der Waals surface area contributed by atoms with Crippen molar-refractivity contribution in [2.75, 3.05) is 0 Å². The van der Waals surface area contributed by atoms with Gasteiger partial charge in [0, 0.05) is 23.0 Å². The Hall–Kier alpha value is -1.61. The second kappa shape index (κ2) is 4.72. The molecule has 17 heavy (non-hydrogen) atoms. The lowest BCUT2D eigenvalue weighted by Crippen LogP contribution is -2.11. The van der Waals surface area contributed by atoms with E-state index in [2.05, 4.69) is 4.98 Å². The summed E-state index contributed by atoms with van der Waals surface area (Å²) in [6.45, 7) is 2.01. The van der Waals surface area contributed by atoms with E-state index in [1.54, 1.807) is 6.20 Å². The largest absolute Gasteiger partial charge is 0.370 e. The van der Waals surface area contributed by atoms with Crippen LogP contribution in [0.4, 0.5) is 0 Å². The van der Waals surface area contributed by atoms with Crippen LogP contribution in [-0.4, -0.2) is 10.9 Å². The van der Waals surface area contributed by atoms with Gasteiger partial charge in [-0.1, -0.05) is 11.6 Å². The highest BCUT2D eigenvalue weighted by Crippen LogP contribution is 2.25. The number of rotatable bonds is 3. The van der Waals surface area contributed by atoms with E-state index < -0.39 is 0 Å². The Balaban J connectivity index is 2.54. The van der Waals surface area contributed by atoms with E-state index in [-0.39, 0.29) is 5.91 Å². The van der Waals surface area contributed by atoms with Crippen LogP contribution in [-0.2, 0) is 11.2 Å². The molecule has 0 aliphatic carbocycles. The molecule has 1 amide bonds. The van der Waals surface area contributed by atoms with E-state index in [9.17, 15) is 4.79 Å². The molecule has 2 N–H and O–H groups in total. The van der Waals surface area contributed by atoms with Gasteiger partial charge in [-0.15, -0.1) is 0 Å². The summed E-state index contributed by atoms with van der Waals surface area (Å²) < 4.78 is 0. The number of nitrogens with two attached hydrogens (primary N) is 1. The number of primary amides is 1. The van der Waals surface area contributed by atoms with Crippen molar-refractivity contribution in [3.05, 3.63) is 40.5 Å². The van der Waals surface area contributed by atoms with Crippen molar-refractivity contribution in [2.45, 2.75) is 19.8 Å². The monoisotopic (exact) mass is 248 g/mol. The molecule has 0 saturated carbocycles. The summed E-state index contributed by atoms with van der Waals surface area (Å²) in [5.74, 6) is -0.314. The van der Waals surface area contributed by atoms with Gasteiger partial charge in [-0.3, -0.25) is 9.78 Å². The summed E-state index contributed by atoms with van der Waals surface area (Å²) in [4.78, 5) is 15.2. The summed E-state index contributed by atoms with van der Waals surface area (Å²) in [5.41, 5.74) is 8.15. The number of amides is 1. The average Bonchev–Trinajstić information content (AvgIpc) is 2.27. The second-order valence-electron chi connectivity index (χ2n) is 4.06. The van der Waals surface area contributed by atoms with E-state index in [0.29, 0.717) is 17.9 Å². The second-order valence-corrected chi connectivity index (χ2v) is 4.49. The molecule has 3 nitrogen and oxygen atoms in total. The molecule has 0 bridgehead atoms. The summed E-state index contributed by atoms with van der Waals surface area (Å²) in [6, 6.07) is 5.68. The smallest absolute Gasteiger partial charge is 0.217 e. The van der Waals surface area contributed by atoms with Crippen LogP contribution in [0.1, 0.15) is 17.5 Å². The molecule has 2 aromatic rings. The highest BCUT2D eigenvalue weighted by atomic mass is 35.5. The van der Waals surface area contributed by atoms with E-state index in [1.807, 2.05) is 25.1 Å². The summed E-state index contributed by atoms with van der Waals surface area (Å²) in [7, 11) is 0. The molecule has 0 spiro atoms. The van der Waals surface area contributed by atoms with Crippen molar-refractivity contribution < 1.29 is 4.79 Å². The Morgan fingerprint density at radius 2 is 2.24 bits per heavy atom. The van der Waals surface area contributed by atoms with Gasteiger partial charge in [0.05, 0.1) is 5.52 Å². The third-order valence-corrected chi connectivity index (χ3v) is 2.97. The predicted molar refractivity (Wildman–Crippen MR) is 69.0 cm³/mol. The third kappa shape index (κ3) is 2.56. The van der Waals surface area contributed by atoms with Crippen molar-refractivity contribution in [1.29, 1.82) is 0 Å². The van der Waals surface area contributed by atoms with Gasteiger partial charge in [0.1, 0.15) is 0 Å². The predicted octanol–water partition coefficient (Wildman–Crippen LogP) is 2.61. The molecule has 0 radical (unpaired) electrons. The van der Waals surface area contributed by atoms with Crippen molar-refractivity contribution in [3.63, 3.8) is 0 Å². The zero-order valence-corrected chi connectivity index (χ0v) is 10.3. The molecule has 1 heterocycles. The quantitative estimate of drug-likeness (QED) is 0.908. The number of hydrogen-bond acceptors (Lipinski definition) is 2. The molecule has 4 heteroatoms. The van der Waals surface area contributed by atoms with Crippen LogP contribution in [0.15, 0.2) is 24.4 Å². The van der Waals surface area contributed by atoms with Crippen molar-refractivity contribution in [1.82, 2.24) is 4.98 Å². The number of halogens is 1. The van der Waals surface area contributed by atoms with Gasteiger partial charge in [-0.05, 0) is 42.7 Å². The zero-order valence-electron chi connectivity index (χ0n) is 9.53. The van der Waals surface area contributed by atoms with Gasteiger partial charge < -0.3 is 5.73 Å². The lowest BCUT2D eigenvalue weighted by Gasteiger charge is -2.07. The SMILES string of the molecule is Cc1ccnc2c(CCC(N)=O)cc(Cl)cc12. The maximum atomic E-state index is 10.8. The average molecular weight is 249 g/mol. The zero-order chi connectivity index (χ0) is 12.4. The molecular weight excluding hydrogens is 236 g/mol. The third-order valence-electron chi connectivity index (χ3n) is 2.75. The maximum absolute atomic E-state index is 10.8. The van der Waals surface area contributed by atoms with Crippen LogP contribution in [0.3, 0.4) is 0 Å². The van der Waals surface area contributed by atoms with Crippen molar-refractivity contribution in [3.8, 4) is 0 Å². The lowest BCUT2D eigenvalue weighted by atomic mass is 10.0. The molecule has 1 aromatic heterocycles. The number of aromatic nitrogens is 1.